The highest BCUT2D eigenvalue weighted by molar-refractivity contribution is 8.14. The van der Waals surface area contributed by atoms with E-state index in [1.165, 1.54) is 25.8 Å². The number of hydrogen-bond donors (Lipinski definition) is 1. The van der Waals surface area contributed by atoms with Crippen LogP contribution >= 0.6 is 23.4 Å². The van der Waals surface area contributed by atoms with E-state index in [1.807, 2.05) is 24.8 Å². The largest absolute Gasteiger partial charge is 0.313 e. The third-order valence-corrected chi connectivity index (χ3v) is 6.54. The van der Waals surface area contributed by atoms with Crippen LogP contribution in [0, 0.1) is 6.92 Å². The minimum Gasteiger partial charge on any atom is -0.313 e. The average Bonchev–Trinajstić information content (AvgIpc) is 2.99. The summed E-state index contributed by atoms with van der Waals surface area (Å²) in [5, 5.41) is 5.58. The first kappa shape index (κ1) is 20.8. The van der Waals surface area contributed by atoms with E-state index in [2.05, 4.69) is 48.2 Å². The van der Waals surface area contributed by atoms with E-state index in [-0.39, 0.29) is 0 Å². The van der Waals surface area contributed by atoms with Crippen molar-refractivity contribution in [1.29, 1.82) is 0 Å². The minimum absolute atomic E-state index is 0.472. The molecule has 1 aliphatic rings. The zero-order chi connectivity index (χ0) is 18.2. The molecule has 2 unspecified atom stereocenters. The Kier molecular flexibility index (Phi) is 8.77. The van der Waals surface area contributed by atoms with Gasteiger partial charge in [-0.15, -0.1) is 11.8 Å². The van der Waals surface area contributed by atoms with Crippen molar-refractivity contribution in [3.8, 4) is 0 Å². The number of likely N-dealkylation sites (tertiary alicyclic amines) is 1. The molecule has 1 aliphatic heterocycles. The van der Waals surface area contributed by atoms with Crippen LogP contribution in [-0.2, 0) is 0 Å². The molecule has 1 fully saturated rings. The number of aliphatic imine (C=N–C) groups is 1. The number of nitrogens with one attached hydrogen (secondary N) is 1. The van der Waals surface area contributed by atoms with E-state index >= 15 is 0 Å². The molecule has 2 rings (SSSR count). The van der Waals surface area contributed by atoms with Crippen LogP contribution in [0.5, 0.6) is 0 Å². The Balaban J connectivity index is 1.79. The predicted molar refractivity (Wildman–Crippen MR) is 113 cm³/mol. The van der Waals surface area contributed by atoms with Gasteiger partial charge in [-0.2, -0.15) is 0 Å². The molecule has 1 aromatic rings. The lowest BCUT2D eigenvalue weighted by atomic mass is 10.1. The number of thioether (sulfide) groups is 1. The fourth-order valence-electron chi connectivity index (χ4n) is 3.19. The van der Waals surface area contributed by atoms with Gasteiger partial charge in [0, 0.05) is 35.0 Å². The molecule has 25 heavy (non-hydrogen) atoms. The molecule has 5 heteroatoms. The number of nitrogens with zero attached hydrogens (tertiary/aromatic N) is 2. The molecule has 0 radical (unpaired) electrons. The van der Waals surface area contributed by atoms with Crippen LogP contribution in [0.3, 0.4) is 0 Å². The van der Waals surface area contributed by atoms with Crippen molar-refractivity contribution in [3.63, 3.8) is 0 Å². The van der Waals surface area contributed by atoms with E-state index < -0.39 is 0 Å². The van der Waals surface area contributed by atoms with Crippen LogP contribution in [0.4, 0.5) is 0 Å². The van der Waals surface area contributed by atoms with Crippen LogP contribution in [0.15, 0.2) is 23.2 Å². The molecule has 3 nitrogen and oxygen atoms in total. The average molecular weight is 382 g/mol. The molecule has 1 heterocycles. The lowest BCUT2D eigenvalue weighted by Crippen LogP contribution is -2.34. The predicted octanol–water partition coefficient (Wildman–Crippen LogP) is 4.61. The van der Waals surface area contributed by atoms with Crippen molar-refractivity contribution < 1.29 is 0 Å². The first-order valence-electron chi connectivity index (χ1n) is 9.38. The second-order valence-corrected chi connectivity index (χ2v) is 8.39. The van der Waals surface area contributed by atoms with Gasteiger partial charge in [0.25, 0.3) is 0 Å². The van der Waals surface area contributed by atoms with Crippen LogP contribution in [0.1, 0.15) is 44.2 Å². The molecular weight excluding hydrogens is 350 g/mol. The van der Waals surface area contributed by atoms with Gasteiger partial charge in [0.05, 0.1) is 5.04 Å². The van der Waals surface area contributed by atoms with Crippen molar-refractivity contribution in [2.45, 2.75) is 52.1 Å². The summed E-state index contributed by atoms with van der Waals surface area (Å²) in [5.41, 5.74) is 2.24. The van der Waals surface area contributed by atoms with E-state index in [4.69, 9.17) is 11.6 Å². The highest BCUT2D eigenvalue weighted by Gasteiger charge is 2.20. The van der Waals surface area contributed by atoms with E-state index in [0.717, 1.165) is 46.1 Å². The maximum Gasteiger partial charge on any atom is 0.0977 e. The van der Waals surface area contributed by atoms with Gasteiger partial charge in [0.2, 0.25) is 0 Å². The van der Waals surface area contributed by atoms with Crippen LogP contribution < -0.4 is 5.32 Å². The van der Waals surface area contributed by atoms with Crippen molar-refractivity contribution in [3.05, 3.63) is 34.3 Å². The molecule has 0 bridgehead atoms. The second-order valence-electron chi connectivity index (χ2n) is 6.97. The minimum atomic E-state index is 0.472. The van der Waals surface area contributed by atoms with Gasteiger partial charge in [-0.05, 0) is 71.8 Å². The Hall–Kier alpha value is -0.550. The van der Waals surface area contributed by atoms with Gasteiger partial charge in [-0.1, -0.05) is 23.7 Å². The van der Waals surface area contributed by atoms with E-state index in [0.29, 0.717) is 6.04 Å². The summed E-state index contributed by atoms with van der Waals surface area (Å²) in [5.74, 6) is 1.02. The first-order valence-corrected chi connectivity index (χ1v) is 10.7. The summed E-state index contributed by atoms with van der Waals surface area (Å²) in [6.45, 7) is 9.51. The fraction of sp³-hybridized carbons (Fsp3) is 0.650. The van der Waals surface area contributed by atoms with Crippen molar-refractivity contribution >= 4 is 28.4 Å². The molecule has 2 atom stereocenters. The third-order valence-electron chi connectivity index (χ3n) is 4.83. The summed E-state index contributed by atoms with van der Waals surface area (Å²) in [6.07, 6.45) is 3.94. The van der Waals surface area contributed by atoms with Gasteiger partial charge in [0.1, 0.15) is 0 Å². The van der Waals surface area contributed by atoms with Gasteiger partial charge in [-0.3, -0.25) is 4.99 Å². The van der Waals surface area contributed by atoms with E-state index in [1.54, 1.807) is 0 Å². The lowest BCUT2D eigenvalue weighted by Gasteiger charge is -2.21. The molecule has 1 aromatic carbocycles. The van der Waals surface area contributed by atoms with Crippen LogP contribution in [-0.4, -0.2) is 54.5 Å². The first-order chi connectivity index (χ1) is 12.0. The zero-order valence-corrected chi connectivity index (χ0v) is 17.6. The third kappa shape index (κ3) is 6.59. The number of hydrogen-bond acceptors (Lipinski definition) is 4. The summed E-state index contributed by atoms with van der Waals surface area (Å²) in [7, 11) is 2.25. The SMILES string of the molecule is CCN=C(SCC(C)NCCC1CCCN1C)c1ccc(C)c(Cl)c1. The fourth-order valence-corrected chi connectivity index (χ4v) is 4.41. The summed E-state index contributed by atoms with van der Waals surface area (Å²) >= 11 is 8.11. The van der Waals surface area contributed by atoms with Gasteiger partial charge in [-0.25, -0.2) is 0 Å². The van der Waals surface area contributed by atoms with Crippen molar-refractivity contribution in [2.75, 3.05) is 32.4 Å². The number of aryl methyl sites for hydroxylation is 1. The van der Waals surface area contributed by atoms with Gasteiger partial charge >= 0.3 is 0 Å². The van der Waals surface area contributed by atoms with Crippen LogP contribution in [0.2, 0.25) is 5.02 Å². The van der Waals surface area contributed by atoms with Crippen molar-refractivity contribution in [2.24, 2.45) is 4.99 Å². The van der Waals surface area contributed by atoms with Gasteiger partial charge in [0.15, 0.2) is 0 Å². The Morgan fingerprint density at radius 1 is 1.48 bits per heavy atom. The second kappa shape index (κ2) is 10.6. The normalized spacial score (nSPS) is 20.2. The summed E-state index contributed by atoms with van der Waals surface area (Å²) in [4.78, 5) is 7.17. The Morgan fingerprint density at radius 2 is 2.28 bits per heavy atom. The Morgan fingerprint density at radius 3 is 2.92 bits per heavy atom. The number of rotatable bonds is 8. The quantitative estimate of drug-likeness (QED) is 0.526. The smallest absolute Gasteiger partial charge is 0.0977 e. The molecule has 0 spiro atoms. The van der Waals surface area contributed by atoms with E-state index in [9.17, 15) is 0 Å². The highest BCUT2D eigenvalue weighted by Crippen LogP contribution is 2.22. The summed E-state index contributed by atoms with van der Waals surface area (Å²) < 4.78 is 0. The molecule has 1 N–H and O–H groups in total. The standard InChI is InChI=1S/C20H32ClN3S/c1-5-22-20(17-9-8-15(2)19(21)13-17)25-14-16(3)23-11-10-18-7-6-12-24(18)4/h8-9,13,16,18,23H,5-7,10-12,14H2,1-4H3. The number of halogens is 1. The Labute approximate surface area is 162 Å². The van der Waals surface area contributed by atoms with Crippen LogP contribution in [0.25, 0.3) is 0 Å². The monoisotopic (exact) mass is 381 g/mol. The molecule has 0 amide bonds. The molecule has 1 saturated heterocycles. The molecule has 0 aliphatic carbocycles. The Bertz CT molecular complexity index is 576. The maximum absolute atomic E-state index is 6.28. The highest BCUT2D eigenvalue weighted by atomic mass is 35.5. The maximum atomic E-state index is 6.28. The van der Waals surface area contributed by atoms with Gasteiger partial charge < -0.3 is 10.2 Å². The zero-order valence-electron chi connectivity index (χ0n) is 16.0. The topological polar surface area (TPSA) is 27.6 Å². The van der Waals surface area contributed by atoms with Crippen molar-refractivity contribution in [1.82, 2.24) is 10.2 Å². The lowest BCUT2D eigenvalue weighted by molar-refractivity contribution is 0.292. The summed E-state index contributed by atoms with van der Waals surface area (Å²) in [6, 6.07) is 7.46. The number of benzene rings is 1. The molecular formula is C20H32ClN3S. The molecule has 0 aromatic heterocycles. The molecule has 0 saturated carbocycles. The molecule has 140 valence electrons.